The van der Waals surface area contributed by atoms with Crippen molar-refractivity contribution in [1.29, 1.82) is 0 Å². The van der Waals surface area contributed by atoms with Crippen molar-refractivity contribution in [3.63, 3.8) is 0 Å². The monoisotopic (exact) mass is 676 g/mol. The van der Waals surface area contributed by atoms with Crippen LogP contribution in [0.25, 0.3) is 11.3 Å². The number of pyridine rings is 1. The fourth-order valence-electron chi connectivity index (χ4n) is 7.04. The van der Waals surface area contributed by atoms with E-state index in [-0.39, 0.29) is 69.8 Å². The van der Waals surface area contributed by atoms with Crippen molar-refractivity contribution in [3.8, 4) is 17.0 Å². The number of nitrogens with zero attached hydrogens (tertiary/aromatic N) is 6. The third-order valence-corrected chi connectivity index (χ3v) is 10.1. The Balaban J connectivity index is 1.42. The van der Waals surface area contributed by atoms with Gasteiger partial charge in [0.2, 0.25) is 0 Å². The molecule has 2 aromatic rings. The van der Waals surface area contributed by atoms with Crippen molar-refractivity contribution in [3.05, 3.63) is 39.6 Å². The SMILES string of the molecule is CN1CCN(C2CN(c3nc(-c4c(F)cccc4Cl)c(Cl)c4c3C(=O)N3CCN(C(=O)OC(C)(C)C)C[C@@H]3CO4)C(C)(C)C2)CC1. The third kappa shape index (κ3) is 6.23. The van der Waals surface area contributed by atoms with E-state index in [1.807, 2.05) is 20.8 Å². The maximum atomic E-state index is 15.4. The molecule has 250 valence electrons. The van der Waals surface area contributed by atoms with Crippen LogP contribution in [-0.4, -0.2) is 126 Å². The zero-order valence-electron chi connectivity index (χ0n) is 27.4. The van der Waals surface area contributed by atoms with E-state index in [1.165, 1.54) is 12.1 Å². The normalized spacial score (nSPS) is 23.9. The van der Waals surface area contributed by atoms with E-state index < -0.39 is 23.6 Å². The average Bonchev–Trinajstić information content (AvgIpc) is 3.22. The molecule has 4 aliphatic heterocycles. The van der Waals surface area contributed by atoms with E-state index in [9.17, 15) is 9.59 Å². The Morgan fingerprint density at radius 3 is 2.43 bits per heavy atom. The zero-order chi connectivity index (χ0) is 33.1. The second-order valence-electron chi connectivity index (χ2n) is 14.4. The van der Waals surface area contributed by atoms with Gasteiger partial charge in [-0.25, -0.2) is 14.2 Å². The van der Waals surface area contributed by atoms with E-state index in [2.05, 4.69) is 35.6 Å². The highest BCUT2D eigenvalue weighted by Gasteiger charge is 2.47. The molecule has 0 saturated carbocycles. The topological polar surface area (TPSA) is 81.7 Å². The molecule has 1 aromatic carbocycles. The Morgan fingerprint density at radius 1 is 1.04 bits per heavy atom. The van der Waals surface area contributed by atoms with Gasteiger partial charge in [0.1, 0.15) is 34.4 Å². The molecule has 5 heterocycles. The highest BCUT2D eigenvalue weighted by molar-refractivity contribution is 6.37. The molecular formula is C33H43Cl2FN6O4. The number of carbonyl (C=O) groups is 2. The molecule has 1 aromatic heterocycles. The number of rotatable bonds is 3. The fourth-order valence-corrected chi connectivity index (χ4v) is 7.58. The number of amides is 2. The number of ether oxygens (including phenoxy) is 2. The molecule has 6 rings (SSSR count). The van der Waals surface area contributed by atoms with Crippen LogP contribution in [-0.2, 0) is 4.74 Å². The number of benzene rings is 1. The summed E-state index contributed by atoms with van der Waals surface area (Å²) in [6.45, 7) is 15.2. The number of likely N-dealkylation sites (N-methyl/N-ethyl adjacent to an activating group) is 1. The Kier molecular flexibility index (Phi) is 8.84. The molecule has 13 heteroatoms. The van der Waals surface area contributed by atoms with Crippen molar-refractivity contribution in [2.75, 3.05) is 70.9 Å². The summed E-state index contributed by atoms with van der Waals surface area (Å²) < 4.78 is 27.4. The quantitative estimate of drug-likeness (QED) is 0.436. The minimum atomic E-state index is -0.650. The lowest BCUT2D eigenvalue weighted by molar-refractivity contribution is 0.000952. The van der Waals surface area contributed by atoms with E-state index in [4.69, 9.17) is 37.7 Å². The zero-order valence-corrected chi connectivity index (χ0v) is 28.9. The molecule has 2 atom stereocenters. The summed E-state index contributed by atoms with van der Waals surface area (Å²) in [5.74, 6) is -0.302. The van der Waals surface area contributed by atoms with E-state index in [1.54, 1.807) is 15.9 Å². The molecule has 0 aliphatic carbocycles. The molecule has 46 heavy (non-hydrogen) atoms. The Morgan fingerprint density at radius 2 is 1.76 bits per heavy atom. The lowest BCUT2D eigenvalue weighted by atomic mass is 9.98. The summed E-state index contributed by atoms with van der Waals surface area (Å²) in [6, 6.07) is 4.22. The first-order valence-corrected chi connectivity index (χ1v) is 16.7. The maximum absolute atomic E-state index is 15.4. The van der Waals surface area contributed by atoms with Gasteiger partial charge < -0.3 is 29.1 Å². The summed E-state index contributed by atoms with van der Waals surface area (Å²) in [6.07, 6.45) is 0.421. The number of aromatic nitrogens is 1. The van der Waals surface area contributed by atoms with Gasteiger partial charge in [0.25, 0.3) is 5.91 Å². The lowest BCUT2D eigenvalue weighted by Gasteiger charge is -2.40. The predicted octanol–water partition coefficient (Wildman–Crippen LogP) is 5.25. The summed E-state index contributed by atoms with van der Waals surface area (Å²) in [5, 5.41) is 0.178. The van der Waals surface area contributed by atoms with Crippen LogP contribution in [0, 0.1) is 5.82 Å². The van der Waals surface area contributed by atoms with Crippen LogP contribution in [0.4, 0.5) is 15.0 Å². The Labute approximate surface area is 280 Å². The second-order valence-corrected chi connectivity index (χ2v) is 15.2. The summed E-state index contributed by atoms with van der Waals surface area (Å²) >= 11 is 13.6. The Hall–Kier alpha value is -2.86. The van der Waals surface area contributed by atoms with Gasteiger partial charge in [-0.1, -0.05) is 29.3 Å². The molecule has 3 saturated heterocycles. The molecule has 0 N–H and O–H groups in total. The predicted molar refractivity (Wildman–Crippen MR) is 177 cm³/mol. The van der Waals surface area contributed by atoms with Gasteiger partial charge >= 0.3 is 6.09 Å². The van der Waals surface area contributed by atoms with Gasteiger partial charge in [-0.05, 0) is 60.2 Å². The summed E-state index contributed by atoms with van der Waals surface area (Å²) in [7, 11) is 2.14. The van der Waals surface area contributed by atoms with Gasteiger partial charge in [-0.15, -0.1) is 0 Å². The van der Waals surface area contributed by atoms with Gasteiger partial charge in [-0.2, -0.15) is 0 Å². The minimum Gasteiger partial charge on any atom is -0.489 e. The van der Waals surface area contributed by atoms with Crippen LogP contribution < -0.4 is 9.64 Å². The largest absolute Gasteiger partial charge is 0.489 e. The van der Waals surface area contributed by atoms with Crippen LogP contribution >= 0.6 is 23.2 Å². The molecule has 2 amide bonds. The third-order valence-electron chi connectivity index (χ3n) is 9.47. The highest BCUT2D eigenvalue weighted by atomic mass is 35.5. The average molecular weight is 678 g/mol. The fraction of sp³-hybridized carbons (Fsp3) is 0.606. The van der Waals surface area contributed by atoms with Crippen LogP contribution in [0.15, 0.2) is 18.2 Å². The van der Waals surface area contributed by atoms with Gasteiger partial charge in [0, 0.05) is 63.9 Å². The summed E-state index contributed by atoms with van der Waals surface area (Å²) in [4.78, 5) is 42.9. The van der Waals surface area contributed by atoms with Crippen LogP contribution in [0.3, 0.4) is 0 Å². The van der Waals surface area contributed by atoms with Crippen molar-refractivity contribution < 1.29 is 23.5 Å². The molecule has 0 spiro atoms. The van der Waals surface area contributed by atoms with Crippen LogP contribution in [0.5, 0.6) is 5.75 Å². The molecular weight excluding hydrogens is 634 g/mol. The van der Waals surface area contributed by atoms with E-state index in [0.29, 0.717) is 18.9 Å². The number of anilines is 1. The van der Waals surface area contributed by atoms with Gasteiger partial charge in [0.15, 0.2) is 5.75 Å². The standard InChI is InChI=1S/C33H43Cl2FN6O4/c1-32(2,3)46-31(44)40-14-15-41-21(17-40)19-45-28-25(30(41)43)29(37-27(26(28)35)24-22(34)8-7-9-23(24)36)42-18-20(16-33(42,4)5)39-12-10-38(6)11-13-39/h7-9,20-21H,10-19H2,1-6H3/t20?,21-/m1/s1. The van der Waals surface area contributed by atoms with Crippen LogP contribution in [0.1, 0.15) is 51.4 Å². The number of carbonyl (C=O) groups excluding carboxylic acids is 2. The first-order valence-electron chi connectivity index (χ1n) is 15.9. The minimum absolute atomic E-state index is 0.0237. The maximum Gasteiger partial charge on any atom is 0.410 e. The molecule has 1 unspecified atom stereocenters. The van der Waals surface area contributed by atoms with Crippen LogP contribution in [0.2, 0.25) is 10.0 Å². The van der Waals surface area contributed by atoms with E-state index >= 15 is 4.39 Å². The number of fused-ring (bicyclic) bond motifs is 2. The molecule has 10 nitrogen and oxygen atoms in total. The smallest absolute Gasteiger partial charge is 0.410 e. The Bertz CT molecular complexity index is 1510. The van der Waals surface area contributed by atoms with Crippen molar-refractivity contribution in [2.45, 2.75) is 64.3 Å². The molecule has 0 radical (unpaired) electrons. The first-order chi connectivity index (χ1) is 21.6. The second kappa shape index (κ2) is 12.3. The number of hydrogen-bond donors (Lipinski definition) is 0. The van der Waals surface area contributed by atoms with Crippen molar-refractivity contribution >= 4 is 41.0 Å². The first kappa shape index (κ1) is 33.1. The van der Waals surface area contributed by atoms with Gasteiger partial charge in [0.05, 0.1) is 22.3 Å². The number of hydrogen-bond acceptors (Lipinski definition) is 8. The molecule has 0 bridgehead atoms. The van der Waals surface area contributed by atoms with Crippen molar-refractivity contribution in [1.82, 2.24) is 24.6 Å². The molecule has 4 aliphatic rings. The van der Waals surface area contributed by atoms with E-state index in [0.717, 1.165) is 32.6 Å². The van der Waals surface area contributed by atoms with Gasteiger partial charge in [-0.3, -0.25) is 9.69 Å². The molecule has 3 fully saturated rings. The lowest BCUT2D eigenvalue weighted by Crippen LogP contribution is -2.58. The highest BCUT2D eigenvalue weighted by Crippen LogP contribution is 2.48. The van der Waals surface area contributed by atoms with Crippen molar-refractivity contribution in [2.24, 2.45) is 0 Å². The summed E-state index contributed by atoms with van der Waals surface area (Å²) in [5.41, 5.74) is -0.606. The number of piperazine rings is 2. The number of halogens is 3.